The van der Waals surface area contributed by atoms with Crippen LogP contribution in [0, 0.1) is 0 Å². The van der Waals surface area contributed by atoms with Crippen molar-refractivity contribution in [1.82, 2.24) is 0 Å². The van der Waals surface area contributed by atoms with Gasteiger partial charge >= 0.3 is 0 Å². The van der Waals surface area contributed by atoms with Gasteiger partial charge in [0.15, 0.2) is 0 Å². The molecular formula is C12H14. The third-order valence-electron chi connectivity index (χ3n) is 2.54. The molecule has 1 aliphatic rings. The Morgan fingerprint density at radius 3 is 2.50 bits per heavy atom. The summed E-state index contributed by atoms with van der Waals surface area (Å²) in [7, 11) is 0. The maximum absolute atomic E-state index is 2.31. The Labute approximate surface area is 73.9 Å². The molecule has 0 bridgehead atoms. The lowest BCUT2D eigenvalue weighted by Crippen LogP contribution is -1.99. The van der Waals surface area contributed by atoms with Crippen LogP contribution in [0.2, 0.25) is 0 Å². The highest BCUT2D eigenvalue weighted by Crippen LogP contribution is 2.28. The second kappa shape index (κ2) is 3.57. The van der Waals surface area contributed by atoms with E-state index in [0.29, 0.717) is 0 Å². The molecule has 1 atom stereocenters. The van der Waals surface area contributed by atoms with Crippen LogP contribution in [0.25, 0.3) is 0 Å². The number of allylic oxidation sites excluding steroid dienone is 2. The van der Waals surface area contributed by atoms with Crippen LogP contribution in [0.3, 0.4) is 0 Å². The van der Waals surface area contributed by atoms with Crippen LogP contribution >= 0.6 is 0 Å². The fraction of sp³-hybridized carbons (Fsp3) is 0.333. The molecule has 0 saturated carbocycles. The highest BCUT2D eigenvalue weighted by atomic mass is 14.2. The standard InChI is InChI=1S/C12H14/c1-3-7-11(8-4-1)12-9-5-2-6-10-12/h1-5,7-8,12H,6,9-10H2. The highest BCUT2D eigenvalue weighted by molar-refractivity contribution is 5.21. The first kappa shape index (κ1) is 7.60. The van der Waals surface area contributed by atoms with Crippen molar-refractivity contribution in [3.8, 4) is 0 Å². The van der Waals surface area contributed by atoms with E-state index >= 15 is 0 Å². The van der Waals surface area contributed by atoms with Gasteiger partial charge in [0, 0.05) is 0 Å². The summed E-state index contributed by atoms with van der Waals surface area (Å²) in [6.45, 7) is 0. The molecule has 0 nitrogen and oxygen atoms in total. The molecule has 1 unspecified atom stereocenters. The number of hydrogen-bond acceptors (Lipinski definition) is 0. The lowest BCUT2D eigenvalue weighted by molar-refractivity contribution is 0.617. The van der Waals surface area contributed by atoms with Gasteiger partial charge in [-0.1, -0.05) is 42.5 Å². The minimum atomic E-state index is 0.774. The molecule has 0 aromatic heterocycles. The Morgan fingerprint density at radius 1 is 1.00 bits per heavy atom. The van der Waals surface area contributed by atoms with Crippen molar-refractivity contribution >= 4 is 0 Å². The van der Waals surface area contributed by atoms with Crippen LogP contribution < -0.4 is 0 Å². The topological polar surface area (TPSA) is 0 Å². The van der Waals surface area contributed by atoms with E-state index in [4.69, 9.17) is 0 Å². The lowest BCUT2D eigenvalue weighted by atomic mass is 9.88. The summed E-state index contributed by atoms with van der Waals surface area (Å²) < 4.78 is 0. The second-order valence-electron chi connectivity index (χ2n) is 3.39. The van der Waals surface area contributed by atoms with E-state index in [2.05, 4.69) is 42.5 Å². The van der Waals surface area contributed by atoms with E-state index in [1.165, 1.54) is 24.8 Å². The molecule has 0 amide bonds. The minimum absolute atomic E-state index is 0.774. The quantitative estimate of drug-likeness (QED) is 0.549. The van der Waals surface area contributed by atoms with E-state index in [1.54, 1.807) is 0 Å². The van der Waals surface area contributed by atoms with Crippen molar-refractivity contribution in [2.75, 3.05) is 0 Å². The summed E-state index contributed by atoms with van der Waals surface area (Å²) in [5, 5.41) is 0. The molecule has 0 aliphatic heterocycles. The van der Waals surface area contributed by atoms with E-state index in [1.807, 2.05) is 0 Å². The van der Waals surface area contributed by atoms with Crippen LogP contribution in [0.5, 0.6) is 0 Å². The zero-order chi connectivity index (χ0) is 8.23. The summed E-state index contributed by atoms with van der Waals surface area (Å²) in [6, 6.07) is 10.8. The van der Waals surface area contributed by atoms with Gasteiger partial charge in [-0.25, -0.2) is 0 Å². The average molecular weight is 158 g/mol. The van der Waals surface area contributed by atoms with Gasteiger partial charge in [-0.15, -0.1) is 0 Å². The van der Waals surface area contributed by atoms with Crippen molar-refractivity contribution in [1.29, 1.82) is 0 Å². The molecule has 12 heavy (non-hydrogen) atoms. The van der Waals surface area contributed by atoms with Crippen molar-refractivity contribution in [2.45, 2.75) is 25.2 Å². The van der Waals surface area contributed by atoms with Gasteiger partial charge in [-0.05, 0) is 30.7 Å². The van der Waals surface area contributed by atoms with Crippen LogP contribution in [0.15, 0.2) is 42.5 Å². The molecule has 2 rings (SSSR count). The Kier molecular flexibility index (Phi) is 2.26. The molecule has 0 fully saturated rings. The van der Waals surface area contributed by atoms with Crippen molar-refractivity contribution < 1.29 is 0 Å². The maximum Gasteiger partial charge on any atom is -0.0124 e. The molecule has 0 heteroatoms. The summed E-state index contributed by atoms with van der Waals surface area (Å²) in [5.74, 6) is 0.774. The van der Waals surface area contributed by atoms with Gasteiger partial charge in [0.1, 0.15) is 0 Å². The third-order valence-corrected chi connectivity index (χ3v) is 2.54. The Balaban J connectivity index is 2.15. The van der Waals surface area contributed by atoms with Gasteiger partial charge < -0.3 is 0 Å². The summed E-state index contributed by atoms with van der Waals surface area (Å²) in [6.07, 6.45) is 8.39. The van der Waals surface area contributed by atoms with E-state index in [-0.39, 0.29) is 0 Å². The molecule has 1 aromatic rings. The van der Waals surface area contributed by atoms with Gasteiger partial charge in [0.05, 0.1) is 0 Å². The highest BCUT2D eigenvalue weighted by Gasteiger charge is 2.10. The number of rotatable bonds is 1. The summed E-state index contributed by atoms with van der Waals surface area (Å²) in [4.78, 5) is 0. The third kappa shape index (κ3) is 1.58. The maximum atomic E-state index is 2.31. The van der Waals surface area contributed by atoms with E-state index in [9.17, 15) is 0 Å². The minimum Gasteiger partial charge on any atom is -0.0885 e. The summed E-state index contributed by atoms with van der Waals surface area (Å²) in [5.41, 5.74) is 1.50. The zero-order valence-electron chi connectivity index (χ0n) is 7.24. The largest absolute Gasteiger partial charge is 0.0885 e. The second-order valence-corrected chi connectivity index (χ2v) is 3.39. The Bertz CT molecular complexity index is 259. The van der Waals surface area contributed by atoms with Crippen LogP contribution in [-0.4, -0.2) is 0 Å². The lowest BCUT2D eigenvalue weighted by Gasteiger charge is -2.17. The molecule has 0 N–H and O–H groups in total. The predicted octanol–water partition coefficient (Wildman–Crippen LogP) is 3.51. The van der Waals surface area contributed by atoms with Gasteiger partial charge in [-0.2, -0.15) is 0 Å². The fourth-order valence-corrected chi connectivity index (χ4v) is 1.82. The van der Waals surface area contributed by atoms with Crippen LogP contribution in [0.1, 0.15) is 30.7 Å². The van der Waals surface area contributed by atoms with Crippen molar-refractivity contribution in [2.24, 2.45) is 0 Å². The first-order valence-corrected chi connectivity index (χ1v) is 4.67. The van der Waals surface area contributed by atoms with Gasteiger partial charge in [0.2, 0.25) is 0 Å². The van der Waals surface area contributed by atoms with Crippen molar-refractivity contribution in [3.63, 3.8) is 0 Å². The molecular weight excluding hydrogens is 144 g/mol. The van der Waals surface area contributed by atoms with Crippen LogP contribution in [0.4, 0.5) is 0 Å². The molecule has 1 aliphatic carbocycles. The first-order chi connectivity index (χ1) is 5.97. The predicted molar refractivity (Wildman–Crippen MR) is 52.2 cm³/mol. The van der Waals surface area contributed by atoms with Crippen LogP contribution in [-0.2, 0) is 0 Å². The molecule has 0 radical (unpaired) electrons. The van der Waals surface area contributed by atoms with Gasteiger partial charge in [-0.3, -0.25) is 0 Å². The average Bonchev–Trinajstić information content (AvgIpc) is 2.21. The van der Waals surface area contributed by atoms with Crippen molar-refractivity contribution in [3.05, 3.63) is 48.0 Å². The number of benzene rings is 1. The van der Waals surface area contributed by atoms with Gasteiger partial charge in [0.25, 0.3) is 0 Å². The Hall–Kier alpha value is -1.04. The van der Waals surface area contributed by atoms with E-state index < -0.39 is 0 Å². The smallest absolute Gasteiger partial charge is 0.0124 e. The summed E-state index contributed by atoms with van der Waals surface area (Å²) >= 11 is 0. The number of hydrogen-bond donors (Lipinski definition) is 0. The normalized spacial score (nSPS) is 22.5. The monoisotopic (exact) mass is 158 g/mol. The molecule has 62 valence electrons. The SMILES string of the molecule is C1=CCC(c2ccccc2)CC1. The van der Waals surface area contributed by atoms with E-state index in [0.717, 1.165) is 5.92 Å². The molecule has 0 saturated heterocycles. The molecule has 1 aromatic carbocycles. The Morgan fingerprint density at radius 2 is 1.83 bits per heavy atom. The zero-order valence-corrected chi connectivity index (χ0v) is 7.24. The fourth-order valence-electron chi connectivity index (χ4n) is 1.82. The first-order valence-electron chi connectivity index (χ1n) is 4.67. The molecule has 0 heterocycles. The molecule has 0 spiro atoms.